The van der Waals surface area contributed by atoms with Crippen LogP contribution >= 0.6 is 0 Å². The van der Waals surface area contributed by atoms with Gasteiger partial charge in [-0.3, -0.25) is 10.1 Å². The van der Waals surface area contributed by atoms with E-state index in [-0.39, 0.29) is 30.6 Å². The van der Waals surface area contributed by atoms with Crippen molar-refractivity contribution in [1.29, 1.82) is 0 Å². The first-order valence-electron chi connectivity index (χ1n) is 9.70. The number of amides is 2. The number of nitrogens with one attached hydrogen (secondary N) is 2. The quantitative estimate of drug-likeness (QED) is 0.766. The summed E-state index contributed by atoms with van der Waals surface area (Å²) in [6.45, 7) is 3.54. The predicted molar refractivity (Wildman–Crippen MR) is 105 cm³/mol. The average Bonchev–Trinajstić information content (AvgIpc) is 3.24. The summed E-state index contributed by atoms with van der Waals surface area (Å²) < 4.78 is 10.6. The largest absolute Gasteiger partial charge is 0.467 e. The lowest BCUT2D eigenvalue weighted by Gasteiger charge is -2.31. The Morgan fingerprint density at radius 2 is 1.93 bits per heavy atom. The zero-order valence-corrected chi connectivity index (χ0v) is 16.1. The molecule has 7 nitrogen and oxygen atoms in total. The third-order valence-corrected chi connectivity index (χ3v) is 4.81. The first kappa shape index (κ1) is 19.9. The molecule has 1 atom stereocenters. The molecule has 0 bridgehead atoms. The second kappa shape index (κ2) is 9.94. The molecule has 0 spiro atoms. The SMILES string of the molecule is CCOC(=O)N1CCC(NC(=O)CN[C@H](c2ccccc2)c2ccco2)CC1. The number of carbonyl (C=O) groups excluding carboxylic acids is 2. The molecule has 7 heteroatoms. The first-order chi connectivity index (χ1) is 13.7. The van der Waals surface area contributed by atoms with Crippen LogP contribution in [0.4, 0.5) is 4.79 Å². The van der Waals surface area contributed by atoms with Gasteiger partial charge in [0.1, 0.15) is 5.76 Å². The fraction of sp³-hybridized carbons (Fsp3) is 0.429. The molecular formula is C21H27N3O4. The van der Waals surface area contributed by atoms with E-state index in [1.807, 2.05) is 42.5 Å². The third kappa shape index (κ3) is 5.36. The molecule has 28 heavy (non-hydrogen) atoms. The van der Waals surface area contributed by atoms with Gasteiger partial charge in [0.25, 0.3) is 0 Å². The van der Waals surface area contributed by atoms with Crippen molar-refractivity contribution in [2.45, 2.75) is 31.8 Å². The Labute approximate surface area is 165 Å². The van der Waals surface area contributed by atoms with Gasteiger partial charge in [-0.1, -0.05) is 30.3 Å². The van der Waals surface area contributed by atoms with Gasteiger partial charge < -0.3 is 19.4 Å². The standard InChI is InChI=1S/C21H27N3O4/c1-2-27-21(26)24-12-10-17(11-13-24)23-19(25)15-22-20(18-9-6-14-28-18)16-7-4-3-5-8-16/h3-9,14,17,20,22H,2,10-13,15H2,1H3,(H,23,25)/t20-/m1/s1. The van der Waals surface area contributed by atoms with E-state index in [1.165, 1.54) is 0 Å². The number of nitrogens with zero attached hydrogens (tertiary/aromatic N) is 1. The maximum absolute atomic E-state index is 12.4. The lowest BCUT2D eigenvalue weighted by atomic mass is 10.0. The van der Waals surface area contributed by atoms with Crippen molar-refractivity contribution in [3.63, 3.8) is 0 Å². The number of rotatable bonds is 7. The molecule has 1 fully saturated rings. The van der Waals surface area contributed by atoms with Crippen LogP contribution in [-0.4, -0.2) is 49.2 Å². The molecule has 0 radical (unpaired) electrons. The Morgan fingerprint density at radius 1 is 1.18 bits per heavy atom. The molecule has 2 N–H and O–H groups in total. The van der Waals surface area contributed by atoms with E-state index in [0.29, 0.717) is 19.7 Å². The summed E-state index contributed by atoms with van der Waals surface area (Å²) in [4.78, 5) is 25.9. The van der Waals surface area contributed by atoms with Gasteiger partial charge in [-0.05, 0) is 37.5 Å². The molecule has 2 aromatic rings. The molecule has 1 aromatic carbocycles. The van der Waals surface area contributed by atoms with Gasteiger partial charge in [-0.25, -0.2) is 4.79 Å². The fourth-order valence-corrected chi connectivity index (χ4v) is 3.38. The summed E-state index contributed by atoms with van der Waals surface area (Å²) in [5, 5.41) is 6.33. The van der Waals surface area contributed by atoms with Crippen molar-refractivity contribution in [3.05, 3.63) is 60.1 Å². The molecule has 1 aliphatic heterocycles. The van der Waals surface area contributed by atoms with E-state index in [1.54, 1.807) is 18.1 Å². The van der Waals surface area contributed by atoms with E-state index < -0.39 is 0 Å². The minimum Gasteiger partial charge on any atom is -0.467 e. The van der Waals surface area contributed by atoms with Crippen LogP contribution in [0.2, 0.25) is 0 Å². The van der Waals surface area contributed by atoms with E-state index in [0.717, 1.165) is 24.2 Å². The van der Waals surface area contributed by atoms with Gasteiger partial charge in [-0.2, -0.15) is 0 Å². The van der Waals surface area contributed by atoms with Crippen LogP contribution in [-0.2, 0) is 9.53 Å². The second-order valence-electron chi connectivity index (χ2n) is 6.77. The van der Waals surface area contributed by atoms with Crippen LogP contribution < -0.4 is 10.6 Å². The van der Waals surface area contributed by atoms with E-state index in [2.05, 4.69) is 10.6 Å². The number of carbonyl (C=O) groups is 2. The first-order valence-corrected chi connectivity index (χ1v) is 9.70. The van der Waals surface area contributed by atoms with Crippen LogP contribution in [0.3, 0.4) is 0 Å². The molecular weight excluding hydrogens is 358 g/mol. The van der Waals surface area contributed by atoms with Gasteiger partial charge in [0.2, 0.25) is 5.91 Å². The van der Waals surface area contributed by atoms with Gasteiger partial charge in [0.15, 0.2) is 0 Å². The fourth-order valence-electron chi connectivity index (χ4n) is 3.38. The highest BCUT2D eigenvalue weighted by Gasteiger charge is 2.25. The Kier molecular flexibility index (Phi) is 7.08. The number of ether oxygens (including phenoxy) is 1. The van der Waals surface area contributed by atoms with Crippen molar-refractivity contribution < 1.29 is 18.7 Å². The van der Waals surface area contributed by atoms with Crippen molar-refractivity contribution in [3.8, 4) is 0 Å². The topological polar surface area (TPSA) is 83.8 Å². The third-order valence-electron chi connectivity index (χ3n) is 4.81. The van der Waals surface area contributed by atoms with Crippen molar-refractivity contribution in [2.24, 2.45) is 0 Å². The van der Waals surface area contributed by atoms with E-state index in [9.17, 15) is 9.59 Å². The van der Waals surface area contributed by atoms with E-state index in [4.69, 9.17) is 9.15 Å². The zero-order valence-electron chi connectivity index (χ0n) is 16.1. The highest BCUT2D eigenvalue weighted by atomic mass is 16.6. The zero-order chi connectivity index (χ0) is 19.8. The number of hydrogen-bond acceptors (Lipinski definition) is 5. The molecule has 3 rings (SSSR count). The smallest absolute Gasteiger partial charge is 0.409 e. The molecule has 1 aromatic heterocycles. The monoisotopic (exact) mass is 385 g/mol. The molecule has 0 saturated carbocycles. The summed E-state index contributed by atoms with van der Waals surface area (Å²) in [5.74, 6) is 0.698. The molecule has 150 valence electrons. The van der Waals surface area contributed by atoms with Crippen LogP contribution in [0, 0.1) is 0 Å². The molecule has 1 saturated heterocycles. The summed E-state index contributed by atoms with van der Waals surface area (Å²) in [7, 11) is 0. The predicted octanol–water partition coefficient (Wildman–Crippen LogP) is 2.70. The van der Waals surface area contributed by atoms with Crippen molar-refractivity contribution in [1.82, 2.24) is 15.5 Å². The van der Waals surface area contributed by atoms with Crippen LogP contribution in [0.25, 0.3) is 0 Å². The van der Waals surface area contributed by atoms with Crippen LogP contribution in [0.5, 0.6) is 0 Å². The Bertz CT molecular complexity index is 740. The average molecular weight is 385 g/mol. The summed E-state index contributed by atoms with van der Waals surface area (Å²) in [5.41, 5.74) is 1.04. The maximum Gasteiger partial charge on any atom is 0.409 e. The maximum atomic E-state index is 12.4. The number of furan rings is 1. The second-order valence-corrected chi connectivity index (χ2v) is 6.77. The molecule has 0 unspecified atom stereocenters. The van der Waals surface area contributed by atoms with E-state index >= 15 is 0 Å². The van der Waals surface area contributed by atoms with Gasteiger partial charge in [0.05, 0.1) is 25.5 Å². The minimum absolute atomic E-state index is 0.0675. The van der Waals surface area contributed by atoms with Crippen molar-refractivity contribution in [2.75, 3.05) is 26.2 Å². The van der Waals surface area contributed by atoms with Gasteiger partial charge in [-0.15, -0.1) is 0 Å². The minimum atomic E-state index is -0.280. The van der Waals surface area contributed by atoms with Crippen LogP contribution in [0.15, 0.2) is 53.1 Å². The number of piperidine rings is 1. The molecule has 2 heterocycles. The lowest BCUT2D eigenvalue weighted by Crippen LogP contribution is -2.48. The van der Waals surface area contributed by atoms with Gasteiger partial charge >= 0.3 is 6.09 Å². The Hall–Kier alpha value is -2.80. The molecule has 2 amide bonds. The number of hydrogen-bond donors (Lipinski definition) is 2. The normalized spacial score (nSPS) is 15.8. The van der Waals surface area contributed by atoms with Gasteiger partial charge in [0, 0.05) is 19.1 Å². The lowest BCUT2D eigenvalue weighted by molar-refractivity contribution is -0.121. The van der Waals surface area contributed by atoms with Crippen LogP contribution in [0.1, 0.15) is 37.1 Å². The highest BCUT2D eigenvalue weighted by Crippen LogP contribution is 2.22. The summed E-state index contributed by atoms with van der Waals surface area (Å²) >= 11 is 0. The molecule has 1 aliphatic rings. The molecule has 0 aliphatic carbocycles. The van der Waals surface area contributed by atoms with Crippen molar-refractivity contribution >= 4 is 12.0 Å². The number of likely N-dealkylation sites (tertiary alicyclic amines) is 1. The Balaban J connectivity index is 1.49. The number of benzene rings is 1. The Morgan fingerprint density at radius 3 is 2.57 bits per heavy atom. The summed E-state index contributed by atoms with van der Waals surface area (Å²) in [6.07, 6.45) is 2.80. The summed E-state index contributed by atoms with van der Waals surface area (Å²) in [6, 6.07) is 13.5. The highest BCUT2D eigenvalue weighted by molar-refractivity contribution is 5.78.